The molecule has 36 heavy (non-hydrogen) atoms. The smallest absolute Gasteiger partial charge is 0.276 e. The highest BCUT2D eigenvalue weighted by Gasteiger charge is 2.48. The van der Waals surface area contributed by atoms with E-state index in [1.807, 2.05) is 69.3 Å². The molecule has 0 spiro atoms. The summed E-state index contributed by atoms with van der Waals surface area (Å²) in [6.45, 7) is 8.71. The molecule has 0 fully saturated rings. The fraction of sp³-hybridized carbons (Fsp3) is 0.357. The van der Waals surface area contributed by atoms with Gasteiger partial charge in [-0.2, -0.15) is 0 Å². The number of aromatic nitrogens is 2. The van der Waals surface area contributed by atoms with Crippen molar-refractivity contribution in [3.05, 3.63) is 82.9 Å². The van der Waals surface area contributed by atoms with Gasteiger partial charge in [-0.25, -0.2) is 4.98 Å². The summed E-state index contributed by atoms with van der Waals surface area (Å²) in [7, 11) is 0. The molecule has 188 valence electrons. The highest BCUT2D eigenvalue weighted by molar-refractivity contribution is 6.11. The lowest BCUT2D eigenvalue weighted by Gasteiger charge is -2.43. The van der Waals surface area contributed by atoms with E-state index in [-0.39, 0.29) is 29.7 Å². The van der Waals surface area contributed by atoms with Gasteiger partial charge in [-0.15, -0.1) is 0 Å². The van der Waals surface area contributed by atoms with Crippen LogP contribution in [0.3, 0.4) is 0 Å². The Labute approximate surface area is 211 Å². The molecular weight excluding hydrogens is 454 g/mol. The Balaban J connectivity index is 1.59. The van der Waals surface area contributed by atoms with Gasteiger partial charge in [-0.05, 0) is 43.9 Å². The van der Waals surface area contributed by atoms with Crippen molar-refractivity contribution in [3.63, 3.8) is 0 Å². The van der Waals surface area contributed by atoms with Gasteiger partial charge in [0.15, 0.2) is 5.69 Å². The van der Waals surface area contributed by atoms with Crippen molar-refractivity contribution in [3.8, 4) is 0 Å². The number of anilines is 1. The number of fused-ring (bicyclic) bond motifs is 1. The first-order chi connectivity index (χ1) is 17.3. The van der Waals surface area contributed by atoms with Crippen molar-refractivity contribution in [2.24, 2.45) is 0 Å². The van der Waals surface area contributed by atoms with Crippen LogP contribution in [0, 0.1) is 6.92 Å². The van der Waals surface area contributed by atoms with Crippen molar-refractivity contribution in [2.75, 3.05) is 11.9 Å². The number of nitrogens with zero attached hydrogens (tertiary/aromatic N) is 3. The van der Waals surface area contributed by atoms with Gasteiger partial charge >= 0.3 is 0 Å². The molecule has 0 saturated carbocycles. The zero-order valence-corrected chi connectivity index (χ0v) is 21.3. The molecule has 2 aromatic carbocycles. The lowest BCUT2D eigenvalue weighted by atomic mass is 9.93. The number of rotatable bonds is 8. The van der Waals surface area contributed by atoms with Crippen molar-refractivity contribution >= 4 is 23.4 Å². The Bertz CT molecular complexity index is 1280. The number of benzene rings is 2. The van der Waals surface area contributed by atoms with Crippen LogP contribution in [-0.4, -0.2) is 44.3 Å². The average molecular weight is 488 g/mol. The standard InChI is InChI=1S/C28H33N5O3/c1-5-15-33-26(35)24-23(25(34)31-22-10-8-7-9-21(22)6-2)30-18-32(24)17-28(33,4)27(36)29-16-20-13-11-19(3)12-14-20/h7-14,18H,5-6,15-17H2,1-4H3,(H,29,36)(H,31,34)/t28-/m1/s1. The van der Waals surface area contributed by atoms with E-state index in [4.69, 9.17) is 0 Å². The van der Waals surface area contributed by atoms with Gasteiger partial charge in [-0.1, -0.05) is 61.9 Å². The second kappa shape index (κ2) is 10.4. The molecule has 0 bridgehead atoms. The lowest BCUT2D eigenvalue weighted by molar-refractivity contribution is -0.133. The topological polar surface area (TPSA) is 96.3 Å². The molecule has 1 aliphatic rings. The predicted molar refractivity (Wildman–Crippen MR) is 139 cm³/mol. The van der Waals surface area contributed by atoms with E-state index in [1.54, 1.807) is 16.4 Å². The van der Waals surface area contributed by atoms with Gasteiger partial charge in [0.2, 0.25) is 5.91 Å². The number of amides is 3. The monoisotopic (exact) mass is 487 g/mol. The second-order valence-electron chi connectivity index (χ2n) is 9.43. The molecule has 2 N–H and O–H groups in total. The number of carbonyl (C=O) groups excluding carboxylic acids is 3. The first-order valence-corrected chi connectivity index (χ1v) is 12.4. The van der Waals surface area contributed by atoms with Crippen molar-refractivity contribution < 1.29 is 14.4 Å². The zero-order valence-electron chi connectivity index (χ0n) is 21.3. The largest absolute Gasteiger partial charge is 0.350 e. The molecule has 8 heteroatoms. The third-order valence-corrected chi connectivity index (χ3v) is 6.73. The summed E-state index contributed by atoms with van der Waals surface area (Å²) in [5.74, 6) is -1.06. The Hall–Kier alpha value is -3.94. The molecule has 0 radical (unpaired) electrons. The molecule has 3 aromatic rings. The first kappa shape index (κ1) is 25.2. The van der Waals surface area contributed by atoms with E-state index in [2.05, 4.69) is 15.6 Å². The number of imidazole rings is 1. The molecule has 4 rings (SSSR count). The summed E-state index contributed by atoms with van der Waals surface area (Å²) in [5, 5.41) is 5.90. The summed E-state index contributed by atoms with van der Waals surface area (Å²) in [6, 6.07) is 15.5. The maximum atomic E-state index is 13.7. The Kier molecular flexibility index (Phi) is 7.24. The number of carbonyl (C=O) groups is 3. The maximum Gasteiger partial charge on any atom is 0.276 e. The summed E-state index contributed by atoms with van der Waals surface area (Å²) in [6.07, 6.45) is 2.91. The molecule has 2 heterocycles. The number of nitrogens with one attached hydrogen (secondary N) is 2. The molecule has 8 nitrogen and oxygen atoms in total. The van der Waals surface area contributed by atoms with E-state index < -0.39 is 11.4 Å². The van der Waals surface area contributed by atoms with Gasteiger partial charge in [0, 0.05) is 18.8 Å². The summed E-state index contributed by atoms with van der Waals surface area (Å²) >= 11 is 0. The SMILES string of the molecule is CCCN1C(=O)c2c(C(=O)Nc3ccccc3CC)ncn2C[C@]1(C)C(=O)NCc1ccc(C)cc1. The predicted octanol–water partition coefficient (Wildman–Crippen LogP) is 3.95. The van der Waals surface area contributed by atoms with Crippen LogP contribution in [0.25, 0.3) is 0 Å². The van der Waals surface area contributed by atoms with Crippen LogP contribution in [-0.2, 0) is 24.3 Å². The van der Waals surface area contributed by atoms with E-state index in [1.165, 1.54) is 6.33 Å². The lowest BCUT2D eigenvalue weighted by Crippen LogP contribution is -2.64. The van der Waals surface area contributed by atoms with Crippen LogP contribution in [0.4, 0.5) is 5.69 Å². The fourth-order valence-corrected chi connectivity index (χ4v) is 4.64. The van der Waals surface area contributed by atoms with Crippen molar-refractivity contribution in [1.82, 2.24) is 19.8 Å². The Morgan fingerprint density at radius 2 is 1.81 bits per heavy atom. The third kappa shape index (κ3) is 4.76. The first-order valence-electron chi connectivity index (χ1n) is 12.4. The highest BCUT2D eigenvalue weighted by Crippen LogP contribution is 2.30. The van der Waals surface area contributed by atoms with Gasteiger partial charge < -0.3 is 20.1 Å². The molecule has 1 atom stereocenters. The second-order valence-corrected chi connectivity index (χ2v) is 9.43. The zero-order chi connectivity index (χ0) is 25.9. The third-order valence-electron chi connectivity index (χ3n) is 6.73. The van der Waals surface area contributed by atoms with Crippen LogP contribution >= 0.6 is 0 Å². The minimum absolute atomic E-state index is 0.0640. The van der Waals surface area contributed by atoms with Crippen LogP contribution in [0.5, 0.6) is 0 Å². The van der Waals surface area contributed by atoms with E-state index in [0.29, 0.717) is 25.2 Å². The molecule has 1 aromatic heterocycles. The molecular formula is C28H33N5O3. The number of hydrogen-bond acceptors (Lipinski definition) is 4. The molecule has 0 saturated heterocycles. The van der Waals surface area contributed by atoms with E-state index in [0.717, 1.165) is 23.1 Å². The molecule has 3 amide bonds. The van der Waals surface area contributed by atoms with Gasteiger partial charge in [0.05, 0.1) is 12.9 Å². The van der Waals surface area contributed by atoms with Crippen LogP contribution in [0.15, 0.2) is 54.9 Å². The molecule has 1 aliphatic heterocycles. The van der Waals surface area contributed by atoms with Crippen LogP contribution in [0.2, 0.25) is 0 Å². The van der Waals surface area contributed by atoms with Crippen molar-refractivity contribution in [1.29, 1.82) is 0 Å². The maximum absolute atomic E-state index is 13.7. The van der Waals surface area contributed by atoms with Crippen molar-refractivity contribution in [2.45, 2.75) is 59.2 Å². The number of para-hydroxylation sites is 1. The van der Waals surface area contributed by atoms with E-state index >= 15 is 0 Å². The minimum atomic E-state index is -1.12. The summed E-state index contributed by atoms with van der Waals surface area (Å²) < 4.78 is 1.63. The van der Waals surface area contributed by atoms with Gasteiger partial charge in [0.25, 0.3) is 11.8 Å². The van der Waals surface area contributed by atoms with Crippen LogP contribution in [0.1, 0.15) is 64.9 Å². The highest BCUT2D eigenvalue weighted by atomic mass is 16.2. The van der Waals surface area contributed by atoms with Crippen LogP contribution < -0.4 is 10.6 Å². The summed E-state index contributed by atoms with van der Waals surface area (Å²) in [5.41, 5.74) is 2.98. The average Bonchev–Trinajstić information content (AvgIpc) is 3.30. The van der Waals surface area contributed by atoms with E-state index in [9.17, 15) is 14.4 Å². The quantitative estimate of drug-likeness (QED) is 0.503. The number of aryl methyl sites for hydroxylation is 2. The van der Waals surface area contributed by atoms with Gasteiger partial charge in [0.1, 0.15) is 11.2 Å². The Morgan fingerprint density at radius 3 is 2.50 bits per heavy atom. The van der Waals surface area contributed by atoms with Gasteiger partial charge in [-0.3, -0.25) is 14.4 Å². The molecule has 0 unspecified atom stereocenters. The summed E-state index contributed by atoms with van der Waals surface area (Å²) in [4.78, 5) is 46.2. The minimum Gasteiger partial charge on any atom is -0.350 e. The Morgan fingerprint density at radius 1 is 1.08 bits per heavy atom. The normalized spacial score (nSPS) is 17.0. The molecule has 0 aliphatic carbocycles. The number of hydrogen-bond donors (Lipinski definition) is 2. The fourth-order valence-electron chi connectivity index (χ4n) is 4.64.